The number of nitrogens with one attached hydrogen (secondary N) is 1. The molecule has 1 aliphatic rings. The zero-order chi connectivity index (χ0) is 28.4. The van der Waals surface area contributed by atoms with Gasteiger partial charge in [-0.25, -0.2) is 14.6 Å². The molecule has 1 fully saturated rings. The lowest BCUT2D eigenvalue weighted by molar-refractivity contribution is -0.137. The van der Waals surface area contributed by atoms with Gasteiger partial charge in [0, 0.05) is 23.4 Å². The fraction of sp³-hybridized carbons (Fsp3) is 0.310. The Kier molecular flexibility index (Phi) is 7.45. The summed E-state index contributed by atoms with van der Waals surface area (Å²) in [6, 6.07) is 9.43. The highest BCUT2D eigenvalue weighted by atomic mass is 19.4. The maximum absolute atomic E-state index is 13.1. The zero-order valence-corrected chi connectivity index (χ0v) is 22.1. The van der Waals surface area contributed by atoms with Crippen molar-refractivity contribution >= 4 is 28.4 Å². The fourth-order valence-electron chi connectivity index (χ4n) is 4.74. The van der Waals surface area contributed by atoms with E-state index in [-0.39, 0.29) is 17.1 Å². The Balaban J connectivity index is 1.41. The first-order valence-corrected chi connectivity index (χ1v) is 12.9. The molecule has 0 bridgehead atoms. The van der Waals surface area contributed by atoms with E-state index in [1.54, 1.807) is 18.2 Å². The Hall–Kier alpha value is -4.43. The molecule has 1 saturated heterocycles. The molecule has 206 valence electrons. The van der Waals surface area contributed by atoms with E-state index in [9.17, 15) is 18.0 Å². The van der Waals surface area contributed by atoms with Crippen molar-refractivity contribution in [2.45, 2.75) is 32.5 Å². The van der Waals surface area contributed by atoms with E-state index >= 15 is 0 Å². The van der Waals surface area contributed by atoms with Crippen molar-refractivity contribution in [3.05, 3.63) is 76.7 Å². The summed E-state index contributed by atoms with van der Waals surface area (Å²) in [7, 11) is 2.12. The lowest BCUT2D eigenvalue weighted by atomic mass is 9.97. The lowest BCUT2D eigenvalue weighted by Crippen LogP contribution is -2.32. The molecule has 1 amide bonds. The Morgan fingerprint density at radius 2 is 1.90 bits per heavy atom. The van der Waals surface area contributed by atoms with Gasteiger partial charge in [-0.05, 0) is 87.6 Å². The summed E-state index contributed by atoms with van der Waals surface area (Å²) >= 11 is 0. The van der Waals surface area contributed by atoms with Gasteiger partial charge in [0.25, 0.3) is 5.91 Å². The maximum Gasteiger partial charge on any atom is 0.416 e. The van der Waals surface area contributed by atoms with E-state index in [1.807, 2.05) is 11.6 Å². The molecule has 3 heterocycles. The standard InChI is InChI=1S/C29H28F3N7O/c1-18-6-7-21(28(40)36-23-5-3-4-22(15-23)29(30,31)32)14-20(18)8-9-24-25-26(33)34-17-35-27(25)39(37-24)16-19-10-12-38(2)13-11-19/h3-7,14-15,17,19H,10-13,16H2,1-2H3,(H,36,40)(H2,33,34,35). The van der Waals surface area contributed by atoms with Gasteiger partial charge in [-0.3, -0.25) is 4.79 Å². The number of likely N-dealkylation sites (tertiary alicyclic amines) is 1. The summed E-state index contributed by atoms with van der Waals surface area (Å²) in [6.07, 6.45) is -0.966. The zero-order valence-electron chi connectivity index (χ0n) is 22.1. The Bertz CT molecular complexity index is 1630. The predicted molar refractivity (Wildman–Crippen MR) is 147 cm³/mol. The Morgan fingerprint density at radius 3 is 2.65 bits per heavy atom. The third kappa shape index (κ3) is 5.92. The predicted octanol–water partition coefficient (Wildman–Crippen LogP) is 4.73. The van der Waals surface area contributed by atoms with Crippen LogP contribution in [0.3, 0.4) is 0 Å². The van der Waals surface area contributed by atoms with Crippen LogP contribution in [0.4, 0.5) is 24.7 Å². The second-order valence-electron chi connectivity index (χ2n) is 10.0. The van der Waals surface area contributed by atoms with Crippen LogP contribution < -0.4 is 11.1 Å². The summed E-state index contributed by atoms with van der Waals surface area (Å²) in [5.41, 5.74) is 8.12. The molecule has 0 aliphatic carbocycles. The summed E-state index contributed by atoms with van der Waals surface area (Å²) in [5.74, 6) is 6.37. The van der Waals surface area contributed by atoms with Crippen LogP contribution in [0.2, 0.25) is 0 Å². The van der Waals surface area contributed by atoms with Gasteiger partial charge < -0.3 is 16.0 Å². The van der Waals surface area contributed by atoms with Crippen LogP contribution in [-0.4, -0.2) is 50.7 Å². The van der Waals surface area contributed by atoms with E-state index < -0.39 is 17.6 Å². The highest BCUT2D eigenvalue weighted by Gasteiger charge is 2.30. The van der Waals surface area contributed by atoms with E-state index in [0.29, 0.717) is 34.8 Å². The first-order valence-electron chi connectivity index (χ1n) is 12.9. The van der Waals surface area contributed by atoms with Crippen LogP contribution in [0.1, 0.15) is 45.6 Å². The monoisotopic (exact) mass is 547 g/mol. The number of carbonyl (C=O) groups is 1. The van der Waals surface area contributed by atoms with Crippen LogP contribution in [0, 0.1) is 24.7 Å². The third-order valence-electron chi connectivity index (χ3n) is 7.09. The maximum atomic E-state index is 13.1. The lowest BCUT2D eigenvalue weighted by Gasteiger charge is -2.28. The van der Waals surface area contributed by atoms with Crippen LogP contribution in [0.15, 0.2) is 48.8 Å². The average Bonchev–Trinajstić information content (AvgIpc) is 3.27. The minimum Gasteiger partial charge on any atom is -0.383 e. The minimum absolute atomic E-state index is 0.0464. The summed E-state index contributed by atoms with van der Waals surface area (Å²) in [5, 5.41) is 7.84. The number of hydrogen-bond acceptors (Lipinski definition) is 6. The molecule has 4 aromatic rings. The van der Waals surface area contributed by atoms with Crippen LogP contribution in [0.5, 0.6) is 0 Å². The quantitative estimate of drug-likeness (QED) is 0.358. The fourth-order valence-corrected chi connectivity index (χ4v) is 4.74. The topological polar surface area (TPSA) is 102 Å². The van der Waals surface area contributed by atoms with E-state index in [2.05, 4.69) is 39.1 Å². The molecule has 1 aliphatic heterocycles. The largest absolute Gasteiger partial charge is 0.416 e. The molecule has 11 heteroatoms. The second kappa shape index (κ2) is 11.0. The summed E-state index contributed by atoms with van der Waals surface area (Å²) in [4.78, 5) is 23.7. The number of aromatic nitrogens is 4. The van der Waals surface area contributed by atoms with Crippen LogP contribution in [-0.2, 0) is 12.7 Å². The first-order chi connectivity index (χ1) is 19.1. The van der Waals surface area contributed by atoms with Crippen LogP contribution in [0.25, 0.3) is 11.0 Å². The molecule has 2 aromatic carbocycles. The smallest absolute Gasteiger partial charge is 0.383 e. The van der Waals surface area contributed by atoms with Crippen molar-refractivity contribution in [1.82, 2.24) is 24.6 Å². The molecule has 0 spiro atoms. The van der Waals surface area contributed by atoms with Crippen molar-refractivity contribution in [3.8, 4) is 11.8 Å². The summed E-state index contributed by atoms with van der Waals surface area (Å²) < 4.78 is 41.0. The second-order valence-corrected chi connectivity index (χ2v) is 10.0. The molecule has 0 unspecified atom stereocenters. The molecule has 8 nitrogen and oxygen atoms in total. The van der Waals surface area contributed by atoms with E-state index in [0.717, 1.165) is 43.6 Å². The summed E-state index contributed by atoms with van der Waals surface area (Å²) in [6.45, 7) is 4.62. The number of hydrogen-bond donors (Lipinski definition) is 2. The van der Waals surface area contributed by atoms with Gasteiger partial charge in [0.15, 0.2) is 5.65 Å². The molecule has 40 heavy (non-hydrogen) atoms. The number of alkyl halides is 3. The molecule has 3 N–H and O–H groups in total. The van der Waals surface area contributed by atoms with Crippen LogP contribution >= 0.6 is 0 Å². The van der Waals surface area contributed by atoms with Crippen molar-refractivity contribution in [3.63, 3.8) is 0 Å². The van der Waals surface area contributed by atoms with Gasteiger partial charge in [0.1, 0.15) is 17.8 Å². The average molecular weight is 548 g/mol. The van der Waals surface area contributed by atoms with E-state index in [4.69, 9.17) is 10.8 Å². The number of halogens is 3. The molecule has 0 saturated carbocycles. The first kappa shape index (κ1) is 27.1. The van der Waals surface area contributed by atoms with Crippen molar-refractivity contribution in [2.24, 2.45) is 5.92 Å². The van der Waals surface area contributed by atoms with Crippen molar-refractivity contribution in [1.29, 1.82) is 0 Å². The number of nitrogens with zero attached hydrogens (tertiary/aromatic N) is 5. The Labute approximate surface area is 229 Å². The minimum atomic E-state index is -4.51. The number of fused-ring (bicyclic) bond motifs is 1. The molecular formula is C29H28F3N7O. The van der Waals surface area contributed by atoms with Gasteiger partial charge >= 0.3 is 6.18 Å². The van der Waals surface area contributed by atoms with E-state index in [1.165, 1.54) is 18.5 Å². The number of piperidine rings is 1. The van der Waals surface area contributed by atoms with Crippen molar-refractivity contribution in [2.75, 3.05) is 31.2 Å². The van der Waals surface area contributed by atoms with Gasteiger partial charge in [0.2, 0.25) is 0 Å². The number of nitrogens with two attached hydrogens (primary N) is 1. The Morgan fingerprint density at radius 1 is 1.12 bits per heavy atom. The highest BCUT2D eigenvalue weighted by molar-refractivity contribution is 6.04. The normalized spacial score (nSPS) is 14.6. The van der Waals surface area contributed by atoms with Gasteiger partial charge in [-0.15, -0.1) is 0 Å². The van der Waals surface area contributed by atoms with Crippen molar-refractivity contribution < 1.29 is 18.0 Å². The van der Waals surface area contributed by atoms with Gasteiger partial charge in [0.05, 0.1) is 10.9 Å². The molecule has 5 rings (SSSR count). The molecule has 0 atom stereocenters. The number of amides is 1. The molecular weight excluding hydrogens is 519 g/mol. The molecule has 0 radical (unpaired) electrons. The van der Waals surface area contributed by atoms with Gasteiger partial charge in [-0.1, -0.05) is 18.1 Å². The number of benzene rings is 2. The number of anilines is 2. The number of rotatable bonds is 4. The molecule has 2 aromatic heterocycles. The number of aryl methyl sites for hydroxylation is 1. The SMILES string of the molecule is Cc1ccc(C(=O)Nc2cccc(C(F)(F)F)c2)cc1C#Cc1nn(CC2CCN(C)CC2)c2ncnc(N)c12. The third-order valence-corrected chi connectivity index (χ3v) is 7.09. The number of nitrogen functional groups attached to an aromatic ring is 1. The highest BCUT2D eigenvalue weighted by Crippen LogP contribution is 2.31. The van der Waals surface area contributed by atoms with Gasteiger partial charge in [-0.2, -0.15) is 18.3 Å². The number of carbonyl (C=O) groups excluding carboxylic acids is 1.